The number of amides is 1. The Morgan fingerprint density at radius 3 is 2.79 bits per heavy atom. The van der Waals surface area contributed by atoms with Crippen molar-refractivity contribution in [2.45, 2.75) is 52.2 Å². The van der Waals surface area contributed by atoms with Crippen molar-refractivity contribution in [3.8, 4) is 0 Å². The second-order valence-corrected chi connectivity index (χ2v) is 6.94. The molecule has 1 atom stereocenters. The minimum atomic E-state index is -0.380. The fourth-order valence-electron chi connectivity index (χ4n) is 2.93. The van der Waals surface area contributed by atoms with E-state index in [9.17, 15) is 4.79 Å². The van der Waals surface area contributed by atoms with Crippen LogP contribution in [0.5, 0.6) is 0 Å². The van der Waals surface area contributed by atoms with Gasteiger partial charge in [0.15, 0.2) is 0 Å². The number of benzene rings is 1. The molecule has 1 aliphatic carbocycles. The molecule has 130 valence electrons. The summed E-state index contributed by atoms with van der Waals surface area (Å²) in [5.74, 6) is 1.65. The van der Waals surface area contributed by atoms with E-state index < -0.39 is 0 Å². The van der Waals surface area contributed by atoms with E-state index in [0.717, 1.165) is 16.9 Å². The van der Waals surface area contributed by atoms with Gasteiger partial charge in [-0.2, -0.15) is 0 Å². The van der Waals surface area contributed by atoms with Gasteiger partial charge < -0.3 is 14.6 Å². The molecule has 0 aliphatic heterocycles. The van der Waals surface area contributed by atoms with Crippen LogP contribution in [0.2, 0.25) is 0 Å². The van der Waals surface area contributed by atoms with E-state index in [4.69, 9.17) is 9.72 Å². The Bertz CT molecular complexity index is 704. The SMILES string of the molecule is CC(OCC1CC1)C(=O)NCCc1nc2ccccc2n1C(C)C. The van der Waals surface area contributed by atoms with E-state index in [-0.39, 0.29) is 12.0 Å². The number of hydrogen-bond donors (Lipinski definition) is 1. The third kappa shape index (κ3) is 3.96. The zero-order valence-electron chi connectivity index (χ0n) is 14.8. The highest BCUT2D eigenvalue weighted by molar-refractivity contribution is 5.80. The van der Waals surface area contributed by atoms with Gasteiger partial charge in [-0.1, -0.05) is 12.1 Å². The van der Waals surface area contributed by atoms with E-state index in [0.29, 0.717) is 31.5 Å². The molecule has 2 aromatic rings. The van der Waals surface area contributed by atoms with E-state index in [1.165, 1.54) is 12.8 Å². The van der Waals surface area contributed by atoms with Gasteiger partial charge in [0.25, 0.3) is 0 Å². The number of carbonyl (C=O) groups excluding carboxylic acids is 1. The van der Waals surface area contributed by atoms with E-state index in [1.54, 1.807) is 0 Å². The number of fused-ring (bicyclic) bond motifs is 1. The number of nitrogens with one attached hydrogen (secondary N) is 1. The van der Waals surface area contributed by atoms with Crippen LogP contribution in [0, 0.1) is 5.92 Å². The lowest BCUT2D eigenvalue weighted by Gasteiger charge is -2.15. The topological polar surface area (TPSA) is 56.1 Å². The fourth-order valence-corrected chi connectivity index (χ4v) is 2.93. The van der Waals surface area contributed by atoms with Crippen molar-refractivity contribution in [2.75, 3.05) is 13.2 Å². The van der Waals surface area contributed by atoms with Crippen LogP contribution in [-0.4, -0.2) is 34.7 Å². The maximum Gasteiger partial charge on any atom is 0.248 e. The number of ether oxygens (including phenoxy) is 1. The lowest BCUT2D eigenvalue weighted by molar-refractivity contribution is -0.131. The van der Waals surface area contributed by atoms with Crippen molar-refractivity contribution in [1.82, 2.24) is 14.9 Å². The quantitative estimate of drug-likeness (QED) is 0.810. The molecule has 1 aromatic carbocycles. The first-order chi connectivity index (χ1) is 11.6. The molecule has 0 radical (unpaired) electrons. The lowest BCUT2D eigenvalue weighted by Crippen LogP contribution is -2.36. The molecule has 24 heavy (non-hydrogen) atoms. The molecule has 1 unspecified atom stereocenters. The predicted octanol–water partition coefficient (Wildman–Crippen LogP) is 3.09. The smallest absolute Gasteiger partial charge is 0.248 e. The normalized spacial score (nSPS) is 15.8. The van der Waals surface area contributed by atoms with Crippen molar-refractivity contribution >= 4 is 16.9 Å². The van der Waals surface area contributed by atoms with Crippen LogP contribution in [0.25, 0.3) is 11.0 Å². The zero-order chi connectivity index (χ0) is 17.1. The second kappa shape index (κ2) is 7.34. The van der Waals surface area contributed by atoms with Crippen molar-refractivity contribution in [1.29, 1.82) is 0 Å². The first-order valence-corrected chi connectivity index (χ1v) is 8.91. The Kier molecular flexibility index (Phi) is 5.19. The molecule has 1 fully saturated rings. The van der Waals surface area contributed by atoms with Gasteiger partial charge in [0.1, 0.15) is 11.9 Å². The molecule has 5 heteroatoms. The monoisotopic (exact) mass is 329 g/mol. The number of nitrogens with zero attached hydrogens (tertiary/aromatic N) is 2. The van der Waals surface area contributed by atoms with E-state index >= 15 is 0 Å². The summed E-state index contributed by atoms with van der Waals surface area (Å²) in [5, 5.41) is 2.97. The molecule has 0 saturated heterocycles. The van der Waals surface area contributed by atoms with Gasteiger partial charge in [0, 0.05) is 19.0 Å². The molecule has 1 aromatic heterocycles. The highest BCUT2D eigenvalue weighted by Gasteiger charge is 2.24. The number of hydrogen-bond acceptors (Lipinski definition) is 3. The third-order valence-corrected chi connectivity index (χ3v) is 4.48. The summed E-state index contributed by atoms with van der Waals surface area (Å²) in [6.07, 6.45) is 2.81. The Morgan fingerprint density at radius 1 is 1.33 bits per heavy atom. The number of aromatic nitrogens is 2. The van der Waals surface area contributed by atoms with E-state index in [2.05, 4.69) is 29.8 Å². The minimum Gasteiger partial charge on any atom is -0.368 e. The molecule has 1 saturated carbocycles. The molecule has 1 N–H and O–H groups in total. The van der Waals surface area contributed by atoms with Gasteiger partial charge in [0.2, 0.25) is 5.91 Å². The van der Waals surface area contributed by atoms with Gasteiger partial charge in [-0.05, 0) is 51.7 Å². The van der Waals surface area contributed by atoms with E-state index in [1.807, 2.05) is 25.1 Å². The number of rotatable bonds is 8. The molecule has 3 rings (SSSR count). The Morgan fingerprint density at radius 2 is 2.08 bits per heavy atom. The Labute approximate surface area is 143 Å². The van der Waals surface area contributed by atoms with Gasteiger partial charge in [-0.3, -0.25) is 4.79 Å². The molecule has 0 bridgehead atoms. The number of para-hydroxylation sites is 2. The number of carbonyl (C=O) groups is 1. The van der Waals surface area contributed by atoms with Crippen LogP contribution in [-0.2, 0) is 16.0 Å². The fraction of sp³-hybridized carbons (Fsp3) is 0.579. The molecule has 1 aliphatic rings. The highest BCUT2D eigenvalue weighted by atomic mass is 16.5. The molecule has 1 heterocycles. The lowest BCUT2D eigenvalue weighted by atomic mass is 10.3. The molecule has 5 nitrogen and oxygen atoms in total. The highest BCUT2D eigenvalue weighted by Crippen LogP contribution is 2.29. The van der Waals surface area contributed by atoms with Crippen LogP contribution >= 0.6 is 0 Å². The second-order valence-electron chi connectivity index (χ2n) is 6.94. The minimum absolute atomic E-state index is 0.0390. The van der Waals surface area contributed by atoms with Crippen LogP contribution in [0.3, 0.4) is 0 Å². The standard InChI is InChI=1S/C19H27N3O2/c1-13(2)22-17-7-5-4-6-16(17)21-18(22)10-11-20-19(23)14(3)24-12-15-8-9-15/h4-7,13-15H,8-12H2,1-3H3,(H,20,23). The molecule has 1 amide bonds. The summed E-state index contributed by atoms with van der Waals surface area (Å²) < 4.78 is 7.85. The average Bonchev–Trinajstić information content (AvgIpc) is 3.31. The van der Waals surface area contributed by atoms with Crippen molar-refractivity contribution < 1.29 is 9.53 Å². The first kappa shape index (κ1) is 17.0. The molecule has 0 spiro atoms. The van der Waals surface area contributed by atoms with Gasteiger partial charge in [-0.15, -0.1) is 0 Å². The van der Waals surface area contributed by atoms with Gasteiger partial charge >= 0.3 is 0 Å². The maximum absolute atomic E-state index is 12.1. The average molecular weight is 329 g/mol. The molecular formula is C19H27N3O2. The Balaban J connectivity index is 1.57. The summed E-state index contributed by atoms with van der Waals surface area (Å²) >= 11 is 0. The zero-order valence-corrected chi connectivity index (χ0v) is 14.8. The van der Waals surface area contributed by atoms with Crippen LogP contribution in [0.15, 0.2) is 24.3 Å². The first-order valence-electron chi connectivity index (χ1n) is 8.91. The Hall–Kier alpha value is -1.88. The predicted molar refractivity (Wildman–Crippen MR) is 95.0 cm³/mol. The summed E-state index contributed by atoms with van der Waals surface area (Å²) in [5.41, 5.74) is 2.16. The summed E-state index contributed by atoms with van der Waals surface area (Å²) in [6, 6.07) is 8.50. The van der Waals surface area contributed by atoms with Crippen LogP contribution < -0.4 is 5.32 Å². The van der Waals surface area contributed by atoms with Gasteiger partial charge in [0.05, 0.1) is 17.6 Å². The summed E-state index contributed by atoms with van der Waals surface area (Å²) in [7, 11) is 0. The van der Waals surface area contributed by atoms with Crippen molar-refractivity contribution in [3.05, 3.63) is 30.1 Å². The summed E-state index contributed by atoms with van der Waals surface area (Å²) in [4.78, 5) is 16.8. The van der Waals surface area contributed by atoms with Crippen molar-refractivity contribution in [2.24, 2.45) is 5.92 Å². The van der Waals surface area contributed by atoms with Crippen LogP contribution in [0.1, 0.15) is 45.5 Å². The number of imidazole rings is 1. The largest absolute Gasteiger partial charge is 0.368 e. The van der Waals surface area contributed by atoms with Gasteiger partial charge in [-0.25, -0.2) is 4.98 Å². The molecular weight excluding hydrogens is 302 g/mol. The summed E-state index contributed by atoms with van der Waals surface area (Å²) in [6.45, 7) is 7.42. The van der Waals surface area contributed by atoms with Crippen LogP contribution in [0.4, 0.5) is 0 Å². The van der Waals surface area contributed by atoms with Crippen molar-refractivity contribution in [3.63, 3.8) is 0 Å². The third-order valence-electron chi connectivity index (χ3n) is 4.48. The maximum atomic E-state index is 12.1.